The largest absolute Gasteiger partial charge is 0.478 e. The van der Waals surface area contributed by atoms with Gasteiger partial charge in [0.2, 0.25) is 17.5 Å². The number of carboxylic acids is 1. The lowest BCUT2D eigenvalue weighted by Gasteiger charge is -2.32. The van der Waals surface area contributed by atoms with Crippen molar-refractivity contribution in [1.82, 2.24) is 81.5 Å². The lowest BCUT2D eigenvalue weighted by Crippen LogP contribution is -2.42. The number of carboxylic acid groups (broad SMARTS) is 1. The van der Waals surface area contributed by atoms with Crippen LogP contribution in [0.15, 0.2) is 214 Å². The Bertz CT molecular complexity index is 5710. The van der Waals surface area contributed by atoms with Crippen LogP contribution in [0.25, 0.3) is 78.7 Å². The number of aromatic nitrogens is 12. The molecular formula is C99H110N20O4S2. The Morgan fingerprint density at radius 3 is 0.912 bits per heavy atom. The molecule has 4 aliphatic heterocycles. The first-order chi connectivity index (χ1) is 61.1. The summed E-state index contributed by atoms with van der Waals surface area (Å²) in [6.07, 6.45) is 28.7. The Morgan fingerprint density at radius 2 is 0.608 bits per heavy atom. The molecule has 642 valence electrons. The third-order valence-electron chi connectivity index (χ3n) is 25.7. The van der Waals surface area contributed by atoms with Gasteiger partial charge in [0.05, 0.1) is 18.7 Å². The number of aromatic amines is 3. The molecule has 11 aromatic rings. The minimum Gasteiger partial charge on any atom is -0.478 e. The predicted molar refractivity (Wildman–Crippen MR) is 499 cm³/mol. The topological polar surface area (TPSA) is 297 Å². The van der Waals surface area contributed by atoms with E-state index in [1.165, 1.54) is 67.7 Å². The Balaban J connectivity index is 0.000000123. The molecule has 4 saturated carbocycles. The smallest absolute Gasteiger partial charge is 0.336 e. The molecule has 0 unspecified atom stereocenters. The van der Waals surface area contributed by atoms with Crippen molar-refractivity contribution >= 4 is 75.5 Å². The Kier molecular flexibility index (Phi) is 27.2. The van der Waals surface area contributed by atoms with Crippen molar-refractivity contribution in [2.24, 2.45) is 20.0 Å². The van der Waals surface area contributed by atoms with E-state index in [4.69, 9.17) is 44.4 Å². The Hall–Kier alpha value is -12.2. The van der Waals surface area contributed by atoms with Gasteiger partial charge in [-0.1, -0.05) is 311 Å². The van der Waals surface area contributed by atoms with Crippen LogP contribution in [-0.4, -0.2) is 160 Å². The summed E-state index contributed by atoms with van der Waals surface area (Å²) in [5, 5.41) is 53.0. The van der Waals surface area contributed by atoms with Crippen LogP contribution in [0.5, 0.6) is 0 Å². The molecule has 4 fully saturated rings. The van der Waals surface area contributed by atoms with Gasteiger partial charge in [-0.25, -0.2) is 4.79 Å². The van der Waals surface area contributed by atoms with Crippen molar-refractivity contribution in [3.63, 3.8) is 0 Å². The standard InChI is InChI=1S/C26H30N6S.C25H28N6S.C24H26N6O.C24H26N2O3/c1-2-3-11-23-27-26(16-7-4-8-17-26)25(33)32(23)18-19-12-14-20(15-13-19)21-9-5-6-10-22(21)24-28-30-31-29-24;1-2-3-10-22-26-25(15-6-7-16-25)24(32)31(22)17-18-11-13-19(14-12-18)20-8-4-5-9-21(20)23-27-29-30-28-23;1-2-7-21-25-24(14-5-6-15-24)23(31)30(21)16-17-10-12-18(13-11-17)19-8-3-4-9-20(19)22-26-28-29-27-22;1-2-7-21-25-24(14-5-6-15-24)23(29)26(21)16-17-10-12-18(13-11-17)19-8-3-4-9-20(19)22(27)28/h5-6,9-10,12-15H,2-4,7-8,11,16-18H2,1H3,(H,28,29,30,31);4-5,8-9,11-14H,2-3,6-7,10,15-17H2,1H3,(H,27,28,29,30);3-4,8-13H,2,5-7,14-16H2,1H3,(H,26,27,28,29);3-4,8-13H,2,5-7,14-16H2,1H3,(H,27,28). The highest BCUT2D eigenvalue weighted by atomic mass is 32.1. The molecule has 7 heterocycles. The van der Waals surface area contributed by atoms with Gasteiger partial charge < -0.3 is 14.9 Å². The number of carbonyl (C=O) groups is 3. The number of amidine groups is 4. The third-order valence-corrected chi connectivity index (χ3v) is 26.9. The van der Waals surface area contributed by atoms with Gasteiger partial charge >= 0.3 is 5.97 Å². The quantitative estimate of drug-likeness (QED) is 0.0366. The minimum absolute atomic E-state index is 0.109. The molecule has 0 bridgehead atoms. The molecule has 8 aromatic carbocycles. The van der Waals surface area contributed by atoms with Crippen molar-refractivity contribution in [1.29, 1.82) is 0 Å². The van der Waals surface area contributed by atoms with Gasteiger partial charge in [0, 0.05) is 55.5 Å². The molecule has 0 saturated heterocycles. The second-order valence-corrected chi connectivity index (χ2v) is 34.9. The predicted octanol–water partition coefficient (Wildman–Crippen LogP) is 20.8. The van der Waals surface area contributed by atoms with Crippen LogP contribution in [0, 0.1) is 0 Å². The van der Waals surface area contributed by atoms with Crippen LogP contribution in [0.4, 0.5) is 0 Å². The van der Waals surface area contributed by atoms with Crippen molar-refractivity contribution in [2.45, 2.75) is 249 Å². The maximum Gasteiger partial charge on any atom is 0.336 e. The third kappa shape index (κ3) is 18.8. The van der Waals surface area contributed by atoms with E-state index in [1.807, 2.05) is 101 Å². The lowest BCUT2D eigenvalue weighted by atomic mass is 9.82. The zero-order valence-electron chi connectivity index (χ0n) is 72.0. The van der Waals surface area contributed by atoms with Gasteiger partial charge in [0.1, 0.15) is 55.5 Å². The monoisotopic (exact) mass is 1710 g/mol. The molecule has 0 atom stereocenters. The number of thiocarbonyl (C=S) groups is 2. The van der Waals surface area contributed by atoms with Crippen molar-refractivity contribution in [3.05, 3.63) is 222 Å². The van der Waals surface area contributed by atoms with Crippen molar-refractivity contribution in [3.8, 4) is 78.7 Å². The van der Waals surface area contributed by atoms with E-state index in [9.17, 15) is 19.5 Å². The number of benzene rings is 8. The number of aromatic carboxylic acids is 1. The average Bonchev–Trinajstić information content (AvgIpc) is 1.62. The first-order valence-corrected chi connectivity index (χ1v) is 45.8. The van der Waals surface area contributed by atoms with E-state index in [2.05, 4.69) is 190 Å². The van der Waals surface area contributed by atoms with E-state index in [1.54, 1.807) is 12.1 Å². The maximum atomic E-state index is 13.3. The summed E-state index contributed by atoms with van der Waals surface area (Å²) in [6, 6.07) is 65.0. The summed E-state index contributed by atoms with van der Waals surface area (Å²) >= 11 is 12.0. The van der Waals surface area contributed by atoms with E-state index in [-0.39, 0.29) is 28.5 Å². The second-order valence-electron chi connectivity index (χ2n) is 34.2. The van der Waals surface area contributed by atoms with Gasteiger partial charge in [0.25, 0.3) is 11.8 Å². The summed E-state index contributed by atoms with van der Waals surface area (Å²) in [7, 11) is 0. The molecule has 26 heteroatoms. The van der Waals surface area contributed by atoms with E-state index < -0.39 is 17.0 Å². The normalized spacial score (nSPS) is 17.5. The van der Waals surface area contributed by atoms with E-state index in [0.29, 0.717) is 36.1 Å². The molecule has 24 nitrogen and oxygen atoms in total. The fourth-order valence-corrected chi connectivity index (χ4v) is 20.0. The Labute approximate surface area is 741 Å². The zero-order valence-corrected chi connectivity index (χ0v) is 73.6. The van der Waals surface area contributed by atoms with Crippen LogP contribution in [-0.2, 0) is 35.8 Å². The second kappa shape index (κ2) is 39.4. The SMILES string of the molecule is CCCC1=NC2(CCCC2)C(=O)N1Cc1ccc(-c2ccccc2-c2nn[nH]n2)cc1.CCCC1=NC2(CCCC2)C(=O)N1Cc1ccc(-c2ccccc2C(=O)O)cc1.CCCCC1=NC2(CCCC2)C(=S)N1Cc1ccc(-c2ccccc2-c2nn[nH]n2)cc1.CCCCC1=NC2(CCCCC2)C(=S)N1Cc1ccc(-c2ccccc2-c2nn[nH]n2)cc1. The molecular weight excluding hydrogens is 1600 g/mol. The summed E-state index contributed by atoms with van der Waals surface area (Å²) in [6.45, 7) is 11.4. The molecule has 4 aliphatic carbocycles. The van der Waals surface area contributed by atoms with E-state index >= 15 is 0 Å². The zero-order chi connectivity index (χ0) is 86.3. The number of rotatable bonds is 26. The van der Waals surface area contributed by atoms with Crippen LogP contribution in [0.3, 0.4) is 0 Å². The number of carbonyl (C=O) groups excluding carboxylic acids is 2. The number of unbranched alkanes of at least 4 members (excludes halogenated alkanes) is 2. The molecule has 19 rings (SSSR count). The van der Waals surface area contributed by atoms with E-state index in [0.717, 1.165) is 230 Å². The minimum atomic E-state index is -0.936. The number of nitrogens with one attached hydrogen (secondary N) is 3. The van der Waals surface area contributed by atoms with Gasteiger partial charge in [0.15, 0.2) is 0 Å². The van der Waals surface area contributed by atoms with Crippen LogP contribution >= 0.6 is 24.4 Å². The lowest BCUT2D eigenvalue weighted by molar-refractivity contribution is -0.132. The Morgan fingerprint density at radius 1 is 0.336 bits per heavy atom. The average molecular weight is 1710 g/mol. The van der Waals surface area contributed by atoms with Crippen molar-refractivity contribution in [2.75, 3.05) is 0 Å². The number of hydrogen-bond acceptors (Lipinski definition) is 18. The highest BCUT2D eigenvalue weighted by Gasteiger charge is 2.52. The highest BCUT2D eigenvalue weighted by molar-refractivity contribution is 7.80. The molecule has 0 radical (unpaired) electrons. The van der Waals surface area contributed by atoms with Crippen LogP contribution < -0.4 is 0 Å². The molecule has 8 aliphatic rings. The number of aliphatic imine (C=N–C) groups is 4. The fraction of sp³-hybridized carbons (Fsp3) is 0.394. The summed E-state index contributed by atoms with van der Waals surface area (Å²) in [5.74, 6) is 5.44. The van der Waals surface area contributed by atoms with Gasteiger partial charge in [-0.3, -0.25) is 39.4 Å². The first kappa shape index (κ1) is 86.4. The molecule has 4 spiro atoms. The number of tetrazole rings is 3. The first-order valence-electron chi connectivity index (χ1n) is 45.0. The van der Waals surface area contributed by atoms with Crippen LogP contribution in [0.2, 0.25) is 0 Å². The molecule has 125 heavy (non-hydrogen) atoms. The number of nitrogens with zero attached hydrogens (tertiary/aromatic N) is 17. The molecule has 4 N–H and O–H groups in total. The van der Waals surface area contributed by atoms with Crippen molar-refractivity contribution < 1.29 is 19.5 Å². The maximum absolute atomic E-state index is 13.3. The summed E-state index contributed by atoms with van der Waals surface area (Å²) in [4.78, 5) is 68.8. The molecule has 3 aromatic heterocycles. The van der Waals surface area contributed by atoms with Gasteiger partial charge in [-0.2, -0.15) is 15.6 Å². The number of hydrogen-bond donors (Lipinski definition) is 4. The summed E-state index contributed by atoms with van der Waals surface area (Å²) < 4.78 is 0. The van der Waals surface area contributed by atoms with Gasteiger partial charge in [-0.05, 0) is 166 Å². The fourth-order valence-electron chi connectivity index (χ4n) is 19.2. The number of H-pyrrole nitrogens is 3. The van der Waals surface area contributed by atoms with Gasteiger partial charge in [-0.15, -0.1) is 30.6 Å². The number of amides is 2. The van der Waals surface area contributed by atoms with Crippen LogP contribution in [0.1, 0.15) is 234 Å². The highest BCUT2D eigenvalue weighted by Crippen LogP contribution is 2.46. The molecule has 2 amide bonds. The summed E-state index contributed by atoms with van der Waals surface area (Å²) in [5.41, 5.74) is 14.7.